The lowest BCUT2D eigenvalue weighted by molar-refractivity contribution is 0.578. The standard InChI is InChI=1S/C14H17N5/c1-2-8-19-11-13(17-14(19)4-1)10-15-5-3-7-18-9-6-16-12-18/h1-2,4,6,8-9,11-12,15H,3,5,7,10H2. The van der Waals surface area contributed by atoms with Crippen molar-refractivity contribution in [2.75, 3.05) is 6.54 Å². The molecule has 0 unspecified atom stereocenters. The van der Waals surface area contributed by atoms with Gasteiger partial charge in [0, 0.05) is 37.9 Å². The number of rotatable bonds is 6. The molecule has 5 nitrogen and oxygen atoms in total. The van der Waals surface area contributed by atoms with Gasteiger partial charge in [-0.25, -0.2) is 9.97 Å². The van der Waals surface area contributed by atoms with E-state index in [4.69, 9.17) is 0 Å². The number of hydrogen-bond donors (Lipinski definition) is 1. The van der Waals surface area contributed by atoms with Gasteiger partial charge in [0.15, 0.2) is 0 Å². The van der Waals surface area contributed by atoms with Crippen molar-refractivity contribution in [2.45, 2.75) is 19.5 Å². The number of imidazole rings is 2. The molecule has 0 aliphatic rings. The molecule has 1 N–H and O–H groups in total. The Balaban J connectivity index is 1.44. The summed E-state index contributed by atoms with van der Waals surface area (Å²) in [6.07, 6.45) is 10.8. The summed E-state index contributed by atoms with van der Waals surface area (Å²) < 4.78 is 4.13. The lowest BCUT2D eigenvalue weighted by Crippen LogP contribution is -2.16. The summed E-state index contributed by atoms with van der Waals surface area (Å²) in [5.41, 5.74) is 2.08. The lowest BCUT2D eigenvalue weighted by Gasteiger charge is -2.03. The van der Waals surface area contributed by atoms with Crippen LogP contribution in [0.15, 0.2) is 49.3 Å². The van der Waals surface area contributed by atoms with Gasteiger partial charge in [-0.05, 0) is 25.1 Å². The Morgan fingerprint density at radius 2 is 2.21 bits per heavy atom. The molecule has 3 heterocycles. The average molecular weight is 255 g/mol. The summed E-state index contributed by atoms with van der Waals surface area (Å²) >= 11 is 0. The second-order valence-electron chi connectivity index (χ2n) is 4.53. The molecule has 19 heavy (non-hydrogen) atoms. The van der Waals surface area contributed by atoms with Crippen LogP contribution >= 0.6 is 0 Å². The molecule has 0 aromatic carbocycles. The quantitative estimate of drug-likeness (QED) is 0.682. The first-order valence-corrected chi connectivity index (χ1v) is 6.51. The molecule has 0 aliphatic carbocycles. The zero-order chi connectivity index (χ0) is 12.9. The van der Waals surface area contributed by atoms with E-state index in [9.17, 15) is 0 Å². The van der Waals surface area contributed by atoms with Crippen molar-refractivity contribution in [1.82, 2.24) is 24.3 Å². The first kappa shape index (κ1) is 11.9. The van der Waals surface area contributed by atoms with E-state index in [-0.39, 0.29) is 0 Å². The third kappa shape index (κ3) is 3.00. The molecule has 0 aliphatic heterocycles. The predicted octanol–water partition coefficient (Wildman–Crippen LogP) is 1.71. The Kier molecular flexibility index (Phi) is 3.56. The molecule has 0 spiro atoms. The number of fused-ring (bicyclic) bond motifs is 1. The molecule has 3 aromatic rings. The van der Waals surface area contributed by atoms with Crippen molar-refractivity contribution >= 4 is 5.65 Å². The monoisotopic (exact) mass is 255 g/mol. The van der Waals surface area contributed by atoms with Crippen LogP contribution in [-0.4, -0.2) is 25.5 Å². The van der Waals surface area contributed by atoms with E-state index in [1.54, 1.807) is 0 Å². The van der Waals surface area contributed by atoms with Gasteiger partial charge in [0.25, 0.3) is 0 Å². The maximum Gasteiger partial charge on any atom is 0.137 e. The summed E-state index contributed by atoms with van der Waals surface area (Å²) in [6, 6.07) is 6.03. The summed E-state index contributed by atoms with van der Waals surface area (Å²) in [5, 5.41) is 3.42. The highest BCUT2D eigenvalue weighted by molar-refractivity contribution is 5.39. The number of nitrogens with zero attached hydrogens (tertiary/aromatic N) is 4. The fourth-order valence-electron chi connectivity index (χ4n) is 2.09. The largest absolute Gasteiger partial charge is 0.337 e. The van der Waals surface area contributed by atoms with Crippen LogP contribution in [0.2, 0.25) is 0 Å². The Labute approximate surface area is 111 Å². The summed E-state index contributed by atoms with van der Waals surface area (Å²) in [7, 11) is 0. The Bertz CT molecular complexity index is 593. The van der Waals surface area contributed by atoms with Crippen LogP contribution in [0.1, 0.15) is 12.1 Å². The van der Waals surface area contributed by atoms with E-state index in [0.29, 0.717) is 0 Å². The number of aromatic nitrogens is 4. The van der Waals surface area contributed by atoms with Gasteiger partial charge >= 0.3 is 0 Å². The minimum absolute atomic E-state index is 0.811. The van der Waals surface area contributed by atoms with Crippen molar-refractivity contribution in [3.63, 3.8) is 0 Å². The number of pyridine rings is 1. The molecule has 0 fully saturated rings. The van der Waals surface area contributed by atoms with Crippen LogP contribution < -0.4 is 5.32 Å². The Morgan fingerprint density at radius 1 is 1.21 bits per heavy atom. The highest BCUT2D eigenvalue weighted by Crippen LogP contribution is 2.03. The highest BCUT2D eigenvalue weighted by Gasteiger charge is 1.99. The van der Waals surface area contributed by atoms with Crippen LogP contribution in [0.5, 0.6) is 0 Å². The highest BCUT2D eigenvalue weighted by atomic mass is 15.0. The van der Waals surface area contributed by atoms with Crippen molar-refractivity contribution in [2.24, 2.45) is 0 Å². The van der Waals surface area contributed by atoms with Crippen molar-refractivity contribution in [1.29, 1.82) is 0 Å². The fraction of sp³-hybridized carbons (Fsp3) is 0.286. The maximum atomic E-state index is 4.55. The van der Waals surface area contributed by atoms with Gasteiger partial charge in [-0.3, -0.25) is 0 Å². The molecule has 0 atom stereocenters. The second-order valence-corrected chi connectivity index (χ2v) is 4.53. The topological polar surface area (TPSA) is 47.1 Å². The molecular weight excluding hydrogens is 238 g/mol. The van der Waals surface area contributed by atoms with Crippen LogP contribution in [0.4, 0.5) is 0 Å². The molecule has 0 amide bonds. The van der Waals surface area contributed by atoms with Gasteiger partial charge < -0.3 is 14.3 Å². The molecule has 98 valence electrons. The molecule has 0 radical (unpaired) electrons. The Hall–Kier alpha value is -2.14. The first-order chi connectivity index (χ1) is 9.42. The molecular formula is C14H17N5. The minimum Gasteiger partial charge on any atom is -0.337 e. The number of hydrogen-bond acceptors (Lipinski definition) is 3. The van der Waals surface area contributed by atoms with Crippen LogP contribution in [0.3, 0.4) is 0 Å². The van der Waals surface area contributed by atoms with Crippen molar-refractivity contribution < 1.29 is 0 Å². The second kappa shape index (κ2) is 5.67. The zero-order valence-electron chi connectivity index (χ0n) is 10.7. The molecule has 3 aromatic heterocycles. The predicted molar refractivity (Wildman–Crippen MR) is 73.7 cm³/mol. The van der Waals surface area contributed by atoms with Gasteiger partial charge in [-0.15, -0.1) is 0 Å². The van der Waals surface area contributed by atoms with E-state index in [2.05, 4.69) is 26.0 Å². The Morgan fingerprint density at radius 3 is 3.05 bits per heavy atom. The van der Waals surface area contributed by atoms with Gasteiger partial charge in [0.1, 0.15) is 5.65 Å². The molecule has 3 rings (SSSR count). The van der Waals surface area contributed by atoms with Gasteiger partial charge in [0.2, 0.25) is 0 Å². The fourth-order valence-corrected chi connectivity index (χ4v) is 2.09. The molecule has 5 heteroatoms. The van der Waals surface area contributed by atoms with Crippen LogP contribution in [0.25, 0.3) is 5.65 Å². The number of aryl methyl sites for hydroxylation is 1. The molecule has 0 saturated carbocycles. The first-order valence-electron chi connectivity index (χ1n) is 6.51. The van der Waals surface area contributed by atoms with E-state index in [1.165, 1.54) is 0 Å². The zero-order valence-corrected chi connectivity index (χ0v) is 10.7. The minimum atomic E-state index is 0.811. The number of nitrogens with one attached hydrogen (secondary N) is 1. The molecule has 0 bridgehead atoms. The van der Waals surface area contributed by atoms with E-state index in [0.717, 1.165) is 37.4 Å². The third-order valence-electron chi connectivity index (χ3n) is 3.05. The van der Waals surface area contributed by atoms with E-state index in [1.807, 2.05) is 47.5 Å². The average Bonchev–Trinajstić information content (AvgIpc) is 3.06. The van der Waals surface area contributed by atoms with Gasteiger partial charge in [-0.1, -0.05) is 6.07 Å². The smallest absolute Gasteiger partial charge is 0.137 e. The normalized spacial score (nSPS) is 11.2. The van der Waals surface area contributed by atoms with Gasteiger partial charge in [0.05, 0.1) is 12.0 Å². The SMILES string of the molecule is c1ccn2cc(CNCCCn3ccnc3)nc2c1. The third-order valence-corrected chi connectivity index (χ3v) is 3.05. The van der Waals surface area contributed by atoms with Crippen molar-refractivity contribution in [3.05, 3.63) is 55.0 Å². The van der Waals surface area contributed by atoms with Gasteiger partial charge in [-0.2, -0.15) is 0 Å². The summed E-state index contributed by atoms with van der Waals surface area (Å²) in [4.78, 5) is 8.57. The summed E-state index contributed by atoms with van der Waals surface area (Å²) in [6.45, 7) is 2.79. The van der Waals surface area contributed by atoms with Crippen LogP contribution in [0, 0.1) is 0 Å². The van der Waals surface area contributed by atoms with E-state index < -0.39 is 0 Å². The lowest BCUT2D eigenvalue weighted by atomic mass is 10.4. The molecule has 0 saturated heterocycles. The van der Waals surface area contributed by atoms with E-state index >= 15 is 0 Å². The summed E-state index contributed by atoms with van der Waals surface area (Å²) in [5.74, 6) is 0. The van der Waals surface area contributed by atoms with Crippen LogP contribution in [-0.2, 0) is 13.1 Å². The van der Waals surface area contributed by atoms with Crippen molar-refractivity contribution in [3.8, 4) is 0 Å². The maximum absolute atomic E-state index is 4.55.